The second-order valence-corrected chi connectivity index (χ2v) is 5.21. The van der Waals surface area contributed by atoms with E-state index in [-0.39, 0.29) is 26.0 Å². The van der Waals surface area contributed by atoms with Crippen LogP contribution in [0.5, 0.6) is 0 Å². The van der Waals surface area contributed by atoms with Gasteiger partial charge in [-0.1, -0.05) is 6.92 Å². The molecule has 0 N–H and O–H groups in total. The zero-order chi connectivity index (χ0) is 12.4. The molecule has 0 rings (SSSR count). The summed E-state index contributed by atoms with van der Waals surface area (Å²) in [6.07, 6.45) is 0.300. The van der Waals surface area contributed by atoms with Crippen molar-refractivity contribution in [2.75, 3.05) is 32.8 Å². The molecule has 0 saturated carbocycles. The molecular formula is C9H19O6P. The Hall–Kier alpha value is -0.420. The second-order valence-electron chi connectivity index (χ2n) is 2.84. The quantitative estimate of drug-likeness (QED) is 0.270. The van der Waals surface area contributed by atoms with Crippen LogP contribution in [0.4, 0.5) is 0 Å². The number of hydrogen-bond donors (Lipinski definition) is 0. The summed E-state index contributed by atoms with van der Waals surface area (Å²) in [5.41, 5.74) is 0. The Labute approximate surface area is 95.7 Å². The highest BCUT2D eigenvalue weighted by Gasteiger charge is 2.20. The van der Waals surface area contributed by atoms with Crippen molar-refractivity contribution in [1.82, 2.24) is 0 Å². The summed E-state index contributed by atoms with van der Waals surface area (Å²) in [6.45, 7) is 5.34. The number of rotatable bonds is 9. The molecule has 0 aromatic heterocycles. The van der Waals surface area contributed by atoms with Crippen LogP contribution in [0.3, 0.4) is 0 Å². The third-order valence-corrected chi connectivity index (χ3v) is 3.50. The van der Waals surface area contributed by atoms with Crippen LogP contribution in [0.2, 0.25) is 0 Å². The minimum Gasteiger partial charge on any atom is -0.463 e. The van der Waals surface area contributed by atoms with E-state index in [0.717, 1.165) is 0 Å². The molecule has 0 bridgehead atoms. The number of esters is 1. The molecule has 96 valence electrons. The molecule has 1 atom stereocenters. The normalized spacial score (nSPS) is 14.4. The van der Waals surface area contributed by atoms with Crippen molar-refractivity contribution in [1.29, 1.82) is 0 Å². The molecule has 0 saturated heterocycles. The Balaban J connectivity index is 3.56. The van der Waals surface area contributed by atoms with Crippen LogP contribution in [0.25, 0.3) is 0 Å². The molecule has 0 fully saturated rings. The first-order valence-electron chi connectivity index (χ1n) is 5.13. The van der Waals surface area contributed by atoms with E-state index in [1.54, 1.807) is 13.8 Å². The van der Waals surface area contributed by atoms with Gasteiger partial charge < -0.3 is 14.0 Å². The van der Waals surface area contributed by atoms with Gasteiger partial charge >= 0.3 is 13.6 Å². The van der Waals surface area contributed by atoms with Crippen molar-refractivity contribution < 1.29 is 27.9 Å². The van der Waals surface area contributed by atoms with Gasteiger partial charge in [-0.25, -0.2) is 0 Å². The van der Waals surface area contributed by atoms with Crippen molar-refractivity contribution in [2.45, 2.75) is 20.8 Å². The van der Waals surface area contributed by atoms with Crippen molar-refractivity contribution in [3.63, 3.8) is 0 Å². The Kier molecular flexibility index (Phi) is 8.47. The van der Waals surface area contributed by atoms with E-state index in [4.69, 9.17) is 13.8 Å². The molecule has 0 aliphatic heterocycles. The first-order chi connectivity index (χ1) is 7.54. The largest absolute Gasteiger partial charge is 0.463 e. The molecular weight excluding hydrogens is 235 g/mol. The Bertz CT molecular complexity index is 242. The van der Waals surface area contributed by atoms with Crippen molar-refractivity contribution in [2.24, 2.45) is 0 Å². The maximum Gasteiger partial charge on any atom is 0.332 e. The van der Waals surface area contributed by atoms with Gasteiger partial charge in [0.05, 0.1) is 13.2 Å². The van der Waals surface area contributed by atoms with E-state index in [2.05, 4.69) is 4.74 Å². The third-order valence-electron chi connectivity index (χ3n) is 1.58. The van der Waals surface area contributed by atoms with Gasteiger partial charge in [-0.15, -0.1) is 0 Å². The Morgan fingerprint density at radius 3 is 2.38 bits per heavy atom. The second kappa shape index (κ2) is 8.70. The van der Waals surface area contributed by atoms with E-state index >= 15 is 0 Å². The number of carbonyl (C=O) groups excluding carboxylic acids is 1. The summed E-state index contributed by atoms with van der Waals surface area (Å²) < 4.78 is 31.3. The monoisotopic (exact) mass is 254 g/mol. The zero-order valence-corrected chi connectivity index (χ0v) is 10.8. The van der Waals surface area contributed by atoms with Crippen LogP contribution in [0, 0.1) is 0 Å². The van der Waals surface area contributed by atoms with Crippen LogP contribution in [-0.2, 0) is 27.9 Å². The molecule has 0 aromatic rings. The van der Waals surface area contributed by atoms with Crippen LogP contribution >= 0.6 is 7.60 Å². The summed E-state index contributed by atoms with van der Waals surface area (Å²) in [4.78, 5) is 10.4. The predicted octanol–water partition coefficient (Wildman–Crippen LogP) is 1.79. The molecule has 0 aliphatic carbocycles. The lowest BCUT2D eigenvalue weighted by molar-refractivity contribution is -0.143. The standard InChI is InChI=1S/C9H19O6P/c1-4-14-16(11,5-2)15-8-12-6-7-13-9(3)10/h4-8H2,1-3H3. The van der Waals surface area contributed by atoms with Gasteiger partial charge in [0, 0.05) is 13.1 Å². The maximum absolute atomic E-state index is 11.7. The first-order valence-corrected chi connectivity index (χ1v) is 6.86. The Morgan fingerprint density at radius 2 is 1.88 bits per heavy atom. The van der Waals surface area contributed by atoms with Crippen LogP contribution in [0.15, 0.2) is 0 Å². The molecule has 0 radical (unpaired) electrons. The summed E-state index contributed by atoms with van der Waals surface area (Å²) >= 11 is 0. The van der Waals surface area contributed by atoms with Crippen molar-refractivity contribution >= 4 is 13.6 Å². The molecule has 0 amide bonds. The van der Waals surface area contributed by atoms with Gasteiger partial charge in [0.1, 0.15) is 6.61 Å². The van der Waals surface area contributed by atoms with Gasteiger partial charge in [-0.2, -0.15) is 0 Å². The van der Waals surface area contributed by atoms with Gasteiger partial charge in [0.2, 0.25) is 0 Å². The highest BCUT2D eigenvalue weighted by Crippen LogP contribution is 2.47. The van der Waals surface area contributed by atoms with Crippen LogP contribution in [-0.4, -0.2) is 38.7 Å². The van der Waals surface area contributed by atoms with Gasteiger partial charge in [-0.05, 0) is 6.92 Å². The van der Waals surface area contributed by atoms with Gasteiger partial charge in [-0.3, -0.25) is 13.9 Å². The number of ether oxygens (including phenoxy) is 2. The van der Waals surface area contributed by atoms with Gasteiger partial charge in [0.25, 0.3) is 0 Å². The predicted molar refractivity (Wildman–Crippen MR) is 58.3 cm³/mol. The fourth-order valence-electron chi connectivity index (χ4n) is 0.837. The van der Waals surface area contributed by atoms with E-state index in [0.29, 0.717) is 12.8 Å². The average Bonchev–Trinajstić information content (AvgIpc) is 2.23. The SMILES string of the molecule is CCOP(=O)(CC)OCOCCOC(C)=O. The molecule has 16 heavy (non-hydrogen) atoms. The highest BCUT2D eigenvalue weighted by molar-refractivity contribution is 7.53. The minimum absolute atomic E-state index is 0.133. The molecule has 0 heterocycles. The smallest absolute Gasteiger partial charge is 0.332 e. The maximum atomic E-state index is 11.7. The average molecular weight is 254 g/mol. The van der Waals surface area contributed by atoms with E-state index in [9.17, 15) is 9.36 Å². The molecule has 6 nitrogen and oxygen atoms in total. The lowest BCUT2D eigenvalue weighted by atomic mass is 10.7. The first kappa shape index (κ1) is 15.6. The molecule has 0 spiro atoms. The van der Waals surface area contributed by atoms with E-state index in [1.165, 1.54) is 6.92 Å². The van der Waals surface area contributed by atoms with Crippen molar-refractivity contribution in [3.8, 4) is 0 Å². The van der Waals surface area contributed by atoms with E-state index < -0.39 is 7.60 Å². The topological polar surface area (TPSA) is 71.1 Å². The fraction of sp³-hybridized carbons (Fsp3) is 0.889. The summed E-state index contributed by atoms with van der Waals surface area (Å²) in [6, 6.07) is 0. The fourth-order valence-corrected chi connectivity index (χ4v) is 1.91. The van der Waals surface area contributed by atoms with Crippen LogP contribution < -0.4 is 0 Å². The lowest BCUT2D eigenvalue weighted by Gasteiger charge is -2.15. The molecule has 0 aliphatic rings. The molecule has 0 aromatic carbocycles. The number of hydrogen-bond acceptors (Lipinski definition) is 6. The zero-order valence-electron chi connectivity index (χ0n) is 9.93. The van der Waals surface area contributed by atoms with Gasteiger partial charge in [0.15, 0.2) is 6.79 Å². The summed E-state index contributed by atoms with van der Waals surface area (Å²) in [5, 5.41) is 0. The summed E-state index contributed by atoms with van der Waals surface area (Å²) in [5.74, 6) is -0.363. The minimum atomic E-state index is -3.00. The highest BCUT2D eigenvalue weighted by atomic mass is 31.2. The van der Waals surface area contributed by atoms with E-state index in [1.807, 2.05) is 0 Å². The molecule has 7 heteroatoms. The van der Waals surface area contributed by atoms with Crippen molar-refractivity contribution in [3.05, 3.63) is 0 Å². The lowest BCUT2D eigenvalue weighted by Crippen LogP contribution is -2.10. The summed E-state index contributed by atoms with van der Waals surface area (Å²) in [7, 11) is -3.00. The molecule has 1 unspecified atom stereocenters. The number of carbonyl (C=O) groups is 1. The third kappa shape index (κ3) is 7.82. The van der Waals surface area contributed by atoms with Crippen LogP contribution in [0.1, 0.15) is 20.8 Å². The Morgan fingerprint density at radius 1 is 1.19 bits per heavy atom.